The summed E-state index contributed by atoms with van der Waals surface area (Å²) in [7, 11) is 4.94. The average molecular weight is 146 g/mol. The molecule has 0 aromatic carbocycles. The number of piperazine rings is 1. The van der Waals surface area contributed by atoms with Crippen LogP contribution in [0.25, 0.3) is 0 Å². The van der Waals surface area contributed by atoms with E-state index in [1.165, 1.54) is 19.6 Å². The molecule has 0 spiro atoms. The normalized spacial score (nSPS) is 33.0. The minimum Gasteiger partial charge on any atom is -0.301 e. The maximum absolute atomic E-state index is 2.75. The molecule has 1 saturated heterocycles. The van der Waals surface area contributed by atoms with Crippen molar-refractivity contribution in [1.29, 1.82) is 0 Å². The second-order valence-corrected chi connectivity index (χ2v) is 3.55. The molecular weight excluding hydrogens is 131 g/mol. The van der Waals surface area contributed by atoms with Crippen LogP contribution >= 0.6 is 9.39 Å². The second-order valence-electron chi connectivity index (χ2n) is 2.82. The van der Waals surface area contributed by atoms with Crippen molar-refractivity contribution in [2.24, 2.45) is 0 Å². The Morgan fingerprint density at radius 2 is 2.11 bits per heavy atom. The van der Waals surface area contributed by atoms with Crippen molar-refractivity contribution >= 4 is 9.39 Å². The number of hydrogen-bond donors (Lipinski definition) is 0. The van der Waals surface area contributed by atoms with E-state index in [0.717, 1.165) is 6.04 Å². The number of hydrogen-bond acceptors (Lipinski definition) is 2. The van der Waals surface area contributed by atoms with Crippen LogP contribution in [0.2, 0.25) is 0 Å². The highest BCUT2D eigenvalue weighted by Crippen LogP contribution is 2.09. The Hall–Kier alpha value is 0.350. The maximum atomic E-state index is 2.75. The molecule has 0 bridgehead atoms. The summed E-state index contributed by atoms with van der Waals surface area (Å²) in [5.41, 5.74) is 0. The molecule has 9 heavy (non-hydrogen) atoms. The summed E-state index contributed by atoms with van der Waals surface area (Å²) in [5, 5.41) is 0. The van der Waals surface area contributed by atoms with E-state index < -0.39 is 0 Å². The molecule has 0 N–H and O–H groups in total. The zero-order valence-corrected chi connectivity index (χ0v) is 7.33. The first kappa shape index (κ1) is 7.46. The van der Waals surface area contributed by atoms with Crippen molar-refractivity contribution in [3.63, 3.8) is 0 Å². The molecule has 0 amide bonds. The van der Waals surface area contributed by atoms with Gasteiger partial charge in [-0.1, -0.05) is 9.39 Å². The molecule has 0 aromatic rings. The predicted molar refractivity (Wildman–Crippen MR) is 43.4 cm³/mol. The van der Waals surface area contributed by atoms with E-state index in [1.807, 2.05) is 0 Å². The Morgan fingerprint density at radius 3 is 2.56 bits per heavy atom. The fourth-order valence-corrected chi connectivity index (χ4v) is 1.50. The molecule has 2 atom stereocenters. The van der Waals surface area contributed by atoms with Gasteiger partial charge in [-0.2, -0.15) is 0 Å². The fraction of sp³-hybridized carbons (Fsp3) is 1.00. The zero-order valence-electron chi connectivity index (χ0n) is 6.17. The van der Waals surface area contributed by atoms with E-state index in [2.05, 4.69) is 32.9 Å². The Morgan fingerprint density at radius 1 is 1.44 bits per heavy atom. The highest BCUT2D eigenvalue weighted by molar-refractivity contribution is 7.13. The lowest BCUT2D eigenvalue weighted by Gasteiger charge is -2.35. The van der Waals surface area contributed by atoms with Crippen LogP contribution in [0.15, 0.2) is 0 Å². The Balaban J connectivity index is 2.35. The molecule has 0 aromatic heterocycles. The summed E-state index contributed by atoms with van der Waals surface area (Å²) in [5.74, 6) is 0. The van der Waals surface area contributed by atoms with Crippen molar-refractivity contribution in [3.8, 4) is 0 Å². The molecule has 1 aliphatic heterocycles. The van der Waals surface area contributed by atoms with Gasteiger partial charge in [0.1, 0.15) is 0 Å². The van der Waals surface area contributed by atoms with Gasteiger partial charge in [0.15, 0.2) is 0 Å². The average Bonchev–Trinajstić information content (AvgIpc) is 1.80. The summed E-state index contributed by atoms with van der Waals surface area (Å²) in [6.45, 7) is 5.83. The van der Waals surface area contributed by atoms with E-state index in [-0.39, 0.29) is 0 Å². The summed E-state index contributed by atoms with van der Waals surface area (Å²) in [6, 6.07) is 0.719. The smallest absolute Gasteiger partial charge is 0.0195 e. The van der Waals surface area contributed by atoms with E-state index in [4.69, 9.17) is 0 Å². The molecule has 0 radical (unpaired) electrons. The predicted octanol–water partition coefficient (Wildman–Crippen LogP) is 0.412. The Labute approximate surface area is 59.5 Å². The largest absolute Gasteiger partial charge is 0.301 e. The summed E-state index contributed by atoms with van der Waals surface area (Å²) < 4.78 is 2.30. The van der Waals surface area contributed by atoms with Crippen LogP contribution in [0.3, 0.4) is 0 Å². The van der Waals surface area contributed by atoms with E-state index in [0.29, 0.717) is 0 Å². The summed E-state index contributed by atoms with van der Waals surface area (Å²) >= 11 is 0. The van der Waals surface area contributed by atoms with E-state index >= 15 is 0 Å². The lowest BCUT2D eigenvalue weighted by molar-refractivity contribution is 0.167. The minimum absolute atomic E-state index is 0.719. The van der Waals surface area contributed by atoms with Gasteiger partial charge in [0.2, 0.25) is 0 Å². The van der Waals surface area contributed by atoms with Crippen molar-refractivity contribution < 1.29 is 0 Å². The molecule has 1 rings (SSSR count). The molecule has 0 saturated carbocycles. The van der Waals surface area contributed by atoms with Gasteiger partial charge in [-0.25, -0.2) is 0 Å². The second kappa shape index (κ2) is 2.96. The zero-order chi connectivity index (χ0) is 6.85. The SMILES string of the molecule is C[C@@H]1CN(P)CCN1C. The van der Waals surface area contributed by atoms with Crippen LogP contribution in [0, 0.1) is 0 Å². The van der Waals surface area contributed by atoms with Crippen LogP contribution in [-0.2, 0) is 0 Å². The van der Waals surface area contributed by atoms with Crippen LogP contribution in [0.4, 0.5) is 0 Å². The number of likely N-dealkylation sites (N-methyl/N-ethyl adjacent to an activating group) is 1. The Bertz CT molecular complexity index is 97.1. The van der Waals surface area contributed by atoms with Crippen LogP contribution in [0.5, 0.6) is 0 Å². The number of rotatable bonds is 0. The minimum atomic E-state index is 0.719. The van der Waals surface area contributed by atoms with Crippen LogP contribution in [-0.4, -0.2) is 42.3 Å². The monoisotopic (exact) mass is 146 g/mol. The third kappa shape index (κ3) is 1.89. The quantitative estimate of drug-likeness (QED) is 0.457. The fourth-order valence-electron chi connectivity index (χ4n) is 1.08. The molecule has 3 heteroatoms. The van der Waals surface area contributed by atoms with Gasteiger partial charge >= 0.3 is 0 Å². The van der Waals surface area contributed by atoms with Gasteiger partial charge in [-0.3, -0.25) is 4.67 Å². The van der Waals surface area contributed by atoms with Gasteiger partial charge in [0.05, 0.1) is 0 Å². The summed E-state index contributed by atoms with van der Waals surface area (Å²) in [6.07, 6.45) is 0. The van der Waals surface area contributed by atoms with Crippen LogP contribution in [0.1, 0.15) is 6.92 Å². The van der Waals surface area contributed by atoms with Crippen molar-refractivity contribution in [1.82, 2.24) is 9.57 Å². The molecule has 1 unspecified atom stereocenters. The molecular formula is C6H15N2P. The van der Waals surface area contributed by atoms with Crippen molar-refractivity contribution in [2.75, 3.05) is 26.7 Å². The molecule has 54 valence electrons. The number of nitrogens with zero attached hydrogens (tertiary/aromatic N) is 2. The topological polar surface area (TPSA) is 6.48 Å². The third-order valence-electron chi connectivity index (χ3n) is 1.99. The van der Waals surface area contributed by atoms with E-state index in [1.54, 1.807) is 0 Å². The van der Waals surface area contributed by atoms with Crippen molar-refractivity contribution in [3.05, 3.63) is 0 Å². The first-order chi connectivity index (χ1) is 4.20. The lowest BCUT2D eigenvalue weighted by Crippen LogP contribution is -2.46. The third-order valence-corrected chi connectivity index (χ3v) is 2.46. The standard InChI is InChI=1S/C6H15N2P/c1-6-5-8(9)4-3-7(6)2/h6H,3-5,9H2,1-2H3/t6-/m1/s1. The van der Waals surface area contributed by atoms with Gasteiger partial charge in [-0.15, -0.1) is 0 Å². The molecule has 1 aliphatic rings. The van der Waals surface area contributed by atoms with Gasteiger partial charge < -0.3 is 4.90 Å². The highest BCUT2D eigenvalue weighted by atomic mass is 31.0. The molecule has 1 fully saturated rings. The van der Waals surface area contributed by atoms with Gasteiger partial charge in [-0.05, 0) is 14.0 Å². The first-order valence-corrected chi connectivity index (χ1v) is 3.91. The molecule has 2 nitrogen and oxygen atoms in total. The van der Waals surface area contributed by atoms with E-state index in [9.17, 15) is 0 Å². The van der Waals surface area contributed by atoms with Gasteiger partial charge in [0, 0.05) is 25.7 Å². The molecule has 1 heterocycles. The molecule has 0 aliphatic carbocycles. The van der Waals surface area contributed by atoms with Gasteiger partial charge in [0.25, 0.3) is 0 Å². The van der Waals surface area contributed by atoms with Crippen LogP contribution < -0.4 is 0 Å². The van der Waals surface area contributed by atoms with Crippen molar-refractivity contribution in [2.45, 2.75) is 13.0 Å². The summed E-state index contributed by atoms with van der Waals surface area (Å²) in [4.78, 5) is 2.39. The maximum Gasteiger partial charge on any atom is 0.0195 e. The highest BCUT2D eigenvalue weighted by Gasteiger charge is 2.16. The first-order valence-electron chi connectivity index (χ1n) is 3.40. The lowest BCUT2D eigenvalue weighted by atomic mass is 10.2. The Kier molecular flexibility index (Phi) is 2.45.